The summed E-state index contributed by atoms with van der Waals surface area (Å²) < 4.78 is 5.72. The van der Waals surface area contributed by atoms with Crippen LogP contribution in [0.1, 0.15) is 12.5 Å². The van der Waals surface area contributed by atoms with Gasteiger partial charge in [-0.25, -0.2) is 4.98 Å². The highest BCUT2D eigenvalue weighted by atomic mass is 32.2. The lowest BCUT2D eigenvalue weighted by Gasteiger charge is -2.04. The van der Waals surface area contributed by atoms with Crippen LogP contribution in [0.3, 0.4) is 0 Å². The largest absolute Gasteiger partial charge is 0.419 e. The highest BCUT2D eigenvalue weighted by Crippen LogP contribution is 2.23. The Balaban J connectivity index is 2.22. The lowest BCUT2D eigenvalue weighted by molar-refractivity contribution is 0.576. The van der Waals surface area contributed by atoms with Crippen LogP contribution in [-0.2, 0) is 0 Å². The molecule has 21 heavy (non-hydrogen) atoms. The van der Waals surface area contributed by atoms with Crippen LogP contribution in [0.2, 0.25) is 0 Å². The summed E-state index contributed by atoms with van der Waals surface area (Å²) in [6.45, 7) is 3.96. The van der Waals surface area contributed by atoms with E-state index in [1.807, 2.05) is 38.1 Å². The molecule has 3 rings (SSSR count). The molecule has 5 nitrogen and oxygen atoms in total. The molecule has 0 N–H and O–H groups in total. The molecule has 0 saturated carbocycles. The van der Waals surface area contributed by atoms with Gasteiger partial charge in [-0.05, 0) is 24.3 Å². The summed E-state index contributed by atoms with van der Waals surface area (Å²) in [6.07, 6.45) is 1.47. The quantitative estimate of drug-likeness (QED) is 0.547. The summed E-state index contributed by atoms with van der Waals surface area (Å²) in [5.41, 5.74) is 1.69. The topological polar surface area (TPSA) is 68.9 Å². The van der Waals surface area contributed by atoms with Crippen molar-refractivity contribution < 1.29 is 4.42 Å². The molecule has 0 aliphatic heterocycles. The van der Waals surface area contributed by atoms with E-state index in [0.29, 0.717) is 10.5 Å². The second-order valence-corrected chi connectivity index (χ2v) is 5.67. The van der Waals surface area contributed by atoms with Gasteiger partial charge >= 0.3 is 0 Å². The Kier molecular flexibility index (Phi) is 3.70. The Morgan fingerprint density at radius 2 is 2.05 bits per heavy atom. The van der Waals surface area contributed by atoms with E-state index in [1.165, 1.54) is 18.0 Å². The monoisotopic (exact) mass is 299 g/mol. The number of thioether (sulfide) groups is 1. The van der Waals surface area contributed by atoms with Gasteiger partial charge in [-0.3, -0.25) is 4.79 Å². The minimum absolute atomic E-state index is 0.277. The minimum Gasteiger partial charge on any atom is -0.419 e. The Morgan fingerprint density at radius 1 is 1.24 bits per heavy atom. The fourth-order valence-corrected chi connectivity index (χ4v) is 2.50. The highest BCUT2D eigenvalue weighted by molar-refractivity contribution is 7.99. The molecule has 0 spiro atoms. The number of aryl methyl sites for hydroxylation is 1. The SMILES string of the molecule is CCSc1ncc2c(=O)nc(-c3ccccc3C)oc2n1. The van der Waals surface area contributed by atoms with E-state index in [2.05, 4.69) is 15.0 Å². The number of hydrogen-bond donors (Lipinski definition) is 0. The van der Waals surface area contributed by atoms with E-state index in [9.17, 15) is 4.79 Å². The molecule has 1 aromatic carbocycles. The zero-order valence-electron chi connectivity index (χ0n) is 11.7. The van der Waals surface area contributed by atoms with E-state index >= 15 is 0 Å². The molecule has 3 aromatic rings. The number of aromatic nitrogens is 3. The van der Waals surface area contributed by atoms with Gasteiger partial charge in [0, 0.05) is 11.8 Å². The second-order valence-electron chi connectivity index (χ2n) is 4.44. The molecule has 0 aliphatic carbocycles. The third-order valence-electron chi connectivity index (χ3n) is 3.01. The van der Waals surface area contributed by atoms with Crippen molar-refractivity contribution in [2.75, 3.05) is 5.75 Å². The van der Waals surface area contributed by atoms with E-state index in [1.54, 1.807) is 0 Å². The van der Waals surface area contributed by atoms with Gasteiger partial charge in [-0.15, -0.1) is 0 Å². The third-order valence-corrected chi connectivity index (χ3v) is 3.75. The van der Waals surface area contributed by atoms with Crippen molar-refractivity contribution in [1.82, 2.24) is 15.0 Å². The second kappa shape index (κ2) is 5.65. The first-order valence-electron chi connectivity index (χ1n) is 6.55. The van der Waals surface area contributed by atoms with Gasteiger partial charge in [0.05, 0.1) is 0 Å². The van der Waals surface area contributed by atoms with Crippen molar-refractivity contribution in [3.63, 3.8) is 0 Å². The Hall–Kier alpha value is -2.21. The molecule has 6 heteroatoms. The van der Waals surface area contributed by atoms with Crippen LogP contribution in [0.5, 0.6) is 0 Å². The maximum absolute atomic E-state index is 12.1. The van der Waals surface area contributed by atoms with Crippen LogP contribution in [0.4, 0.5) is 0 Å². The van der Waals surface area contributed by atoms with Crippen LogP contribution < -0.4 is 5.56 Å². The van der Waals surface area contributed by atoms with E-state index in [4.69, 9.17) is 4.42 Å². The van der Waals surface area contributed by atoms with Crippen molar-refractivity contribution in [1.29, 1.82) is 0 Å². The number of fused-ring (bicyclic) bond motifs is 1. The van der Waals surface area contributed by atoms with Crippen molar-refractivity contribution in [2.45, 2.75) is 19.0 Å². The van der Waals surface area contributed by atoms with Gasteiger partial charge in [0.25, 0.3) is 5.56 Å². The molecular formula is C15H13N3O2S. The molecule has 0 radical (unpaired) electrons. The smallest absolute Gasteiger partial charge is 0.287 e. The molecule has 0 saturated heterocycles. The number of hydrogen-bond acceptors (Lipinski definition) is 6. The maximum atomic E-state index is 12.1. The van der Waals surface area contributed by atoms with Gasteiger partial charge < -0.3 is 4.42 Å². The molecule has 0 unspecified atom stereocenters. The average molecular weight is 299 g/mol. The zero-order chi connectivity index (χ0) is 14.8. The van der Waals surface area contributed by atoms with Gasteiger partial charge in [-0.1, -0.05) is 36.9 Å². The van der Waals surface area contributed by atoms with Crippen LogP contribution in [0.25, 0.3) is 22.6 Å². The maximum Gasteiger partial charge on any atom is 0.287 e. The fourth-order valence-electron chi connectivity index (χ4n) is 1.97. The molecule has 0 aliphatic rings. The molecule has 2 aromatic heterocycles. The van der Waals surface area contributed by atoms with Gasteiger partial charge in [0.15, 0.2) is 5.16 Å². The molecule has 0 fully saturated rings. The van der Waals surface area contributed by atoms with Crippen LogP contribution >= 0.6 is 11.8 Å². The van der Waals surface area contributed by atoms with E-state index in [-0.39, 0.29) is 17.2 Å². The molecule has 2 heterocycles. The number of nitrogens with zero attached hydrogens (tertiary/aromatic N) is 3. The molecular weight excluding hydrogens is 286 g/mol. The van der Waals surface area contributed by atoms with E-state index < -0.39 is 0 Å². The molecule has 0 atom stereocenters. The summed E-state index contributed by atoms with van der Waals surface area (Å²) in [5.74, 6) is 1.14. The third kappa shape index (κ3) is 2.67. The summed E-state index contributed by atoms with van der Waals surface area (Å²) in [7, 11) is 0. The average Bonchev–Trinajstić information content (AvgIpc) is 2.47. The lowest BCUT2D eigenvalue weighted by Crippen LogP contribution is -2.09. The van der Waals surface area contributed by atoms with Crippen LogP contribution in [0, 0.1) is 6.92 Å². The molecule has 106 valence electrons. The van der Waals surface area contributed by atoms with Crippen molar-refractivity contribution in [3.8, 4) is 11.5 Å². The number of benzene rings is 1. The van der Waals surface area contributed by atoms with Crippen molar-refractivity contribution in [3.05, 3.63) is 46.4 Å². The summed E-state index contributed by atoms with van der Waals surface area (Å²) in [5, 5.41) is 0.892. The van der Waals surface area contributed by atoms with Gasteiger partial charge in [-0.2, -0.15) is 9.97 Å². The highest BCUT2D eigenvalue weighted by Gasteiger charge is 2.12. The Morgan fingerprint density at radius 3 is 2.81 bits per heavy atom. The van der Waals surface area contributed by atoms with Crippen molar-refractivity contribution >= 4 is 22.9 Å². The minimum atomic E-state index is -0.373. The van der Waals surface area contributed by atoms with Crippen molar-refractivity contribution in [2.24, 2.45) is 0 Å². The fraction of sp³-hybridized carbons (Fsp3) is 0.200. The zero-order valence-corrected chi connectivity index (χ0v) is 12.5. The lowest BCUT2D eigenvalue weighted by atomic mass is 10.1. The summed E-state index contributed by atoms with van der Waals surface area (Å²) in [6, 6.07) is 7.62. The van der Waals surface area contributed by atoms with Crippen LogP contribution in [0.15, 0.2) is 44.8 Å². The molecule has 0 amide bonds. The Bertz CT molecular complexity index is 861. The summed E-state index contributed by atoms with van der Waals surface area (Å²) in [4.78, 5) is 24.5. The first-order valence-corrected chi connectivity index (χ1v) is 7.54. The first kappa shape index (κ1) is 13.8. The van der Waals surface area contributed by atoms with Crippen LogP contribution in [-0.4, -0.2) is 20.7 Å². The predicted octanol–water partition coefficient (Wildman–Crippen LogP) is 3.07. The Labute approximate surface area is 125 Å². The normalized spacial score (nSPS) is 11.0. The first-order chi connectivity index (χ1) is 10.2. The van der Waals surface area contributed by atoms with Gasteiger partial charge in [0.1, 0.15) is 5.39 Å². The molecule has 0 bridgehead atoms. The van der Waals surface area contributed by atoms with Gasteiger partial charge in [0.2, 0.25) is 11.6 Å². The predicted molar refractivity (Wildman–Crippen MR) is 82.4 cm³/mol. The van der Waals surface area contributed by atoms with E-state index in [0.717, 1.165) is 16.9 Å². The summed E-state index contributed by atoms with van der Waals surface area (Å²) >= 11 is 1.50. The number of rotatable bonds is 3. The standard InChI is InChI=1S/C15H13N3O2S/c1-3-21-15-16-8-11-12(19)17-13(20-14(11)18-15)10-7-5-4-6-9(10)2/h4-8H,3H2,1-2H3.